The number of rotatable bonds is 4. The molecule has 5 nitrogen and oxygen atoms in total. The first-order valence-electron chi connectivity index (χ1n) is 8.28. The van der Waals surface area contributed by atoms with Gasteiger partial charge in [-0.25, -0.2) is 4.79 Å². The van der Waals surface area contributed by atoms with Crippen molar-refractivity contribution in [3.05, 3.63) is 0 Å². The van der Waals surface area contributed by atoms with Crippen molar-refractivity contribution < 1.29 is 14.3 Å². The Bertz CT molecular complexity index is 335. The second kappa shape index (κ2) is 7.45. The summed E-state index contributed by atoms with van der Waals surface area (Å²) in [7, 11) is 0. The summed E-state index contributed by atoms with van der Waals surface area (Å²) >= 11 is 0. The second-order valence-electron chi connectivity index (χ2n) is 7.19. The molecule has 0 radical (unpaired) electrons. The predicted molar refractivity (Wildman–Crippen MR) is 82.4 cm³/mol. The number of nitrogens with one attached hydrogen (secondary N) is 2. The van der Waals surface area contributed by atoms with Crippen LogP contribution in [0.3, 0.4) is 0 Å². The Morgan fingerprint density at radius 1 is 1.14 bits per heavy atom. The largest absolute Gasteiger partial charge is 0.444 e. The van der Waals surface area contributed by atoms with Crippen LogP contribution in [0.1, 0.15) is 59.3 Å². The molecule has 0 spiro atoms. The van der Waals surface area contributed by atoms with E-state index in [0.717, 1.165) is 38.8 Å². The number of carbonyl (C=O) groups excluding carboxylic acids is 1. The zero-order valence-electron chi connectivity index (χ0n) is 13.6. The van der Waals surface area contributed by atoms with Gasteiger partial charge in [0.1, 0.15) is 5.60 Å². The Morgan fingerprint density at radius 3 is 2.48 bits per heavy atom. The van der Waals surface area contributed by atoms with Gasteiger partial charge in [0.2, 0.25) is 0 Å². The summed E-state index contributed by atoms with van der Waals surface area (Å²) in [6, 6.07) is 0.491. The van der Waals surface area contributed by atoms with Crippen LogP contribution in [0.2, 0.25) is 0 Å². The molecule has 1 amide bonds. The maximum absolute atomic E-state index is 11.9. The number of alkyl carbamates (subject to hydrolysis) is 1. The zero-order valence-corrected chi connectivity index (χ0v) is 13.6. The topological polar surface area (TPSA) is 59.6 Å². The van der Waals surface area contributed by atoms with Gasteiger partial charge in [0.15, 0.2) is 0 Å². The molecule has 1 aliphatic carbocycles. The minimum Gasteiger partial charge on any atom is -0.444 e. The molecule has 3 atom stereocenters. The van der Waals surface area contributed by atoms with E-state index in [0.29, 0.717) is 12.1 Å². The summed E-state index contributed by atoms with van der Waals surface area (Å²) in [6.45, 7) is 7.44. The molecular weight excluding hydrogens is 268 g/mol. The third-order valence-electron chi connectivity index (χ3n) is 4.10. The van der Waals surface area contributed by atoms with Crippen molar-refractivity contribution >= 4 is 6.09 Å². The predicted octanol–water partition coefficient (Wildman–Crippen LogP) is 2.59. The lowest BCUT2D eigenvalue weighted by molar-refractivity contribution is 0.0474. The second-order valence-corrected chi connectivity index (χ2v) is 7.19. The molecule has 0 bridgehead atoms. The van der Waals surface area contributed by atoms with Crippen LogP contribution in [0, 0.1) is 0 Å². The third kappa shape index (κ3) is 5.83. The van der Waals surface area contributed by atoms with E-state index in [1.54, 1.807) is 0 Å². The van der Waals surface area contributed by atoms with Crippen LogP contribution in [-0.4, -0.2) is 43.0 Å². The summed E-state index contributed by atoms with van der Waals surface area (Å²) < 4.78 is 11.0. The fraction of sp³-hybridized carbons (Fsp3) is 0.938. The van der Waals surface area contributed by atoms with Crippen LogP contribution in [0.15, 0.2) is 0 Å². The fourth-order valence-electron chi connectivity index (χ4n) is 3.10. The standard InChI is InChI=1S/C16H30N2O3/c1-16(2,3)21-15(19)18-14-9-5-4-8-13(14)17-11-12-7-6-10-20-12/h12-14,17H,4-11H2,1-3H3,(H,18,19)/t12-,13+,14+/m0/s1. The van der Waals surface area contributed by atoms with Gasteiger partial charge >= 0.3 is 6.09 Å². The molecule has 0 aromatic rings. The number of amides is 1. The van der Waals surface area contributed by atoms with Crippen molar-refractivity contribution in [1.82, 2.24) is 10.6 Å². The van der Waals surface area contributed by atoms with E-state index >= 15 is 0 Å². The first kappa shape index (κ1) is 16.6. The first-order valence-corrected chi connectivity index (χ1v) is 8.28. The van der Waals surface area contributed by atoms with Crippen LogP contribution >= 0.6 is 0 Å². The van der Waals surface area contributed by atoms with E-state index in [9.17, 15) is 4.79 Å². The quantitative estimate of drug-likeness (QED) is 0.837. The van der Waals surface area contributed by atoms with Crippen molar-refractivity contribution in [1.29, 1.82) is 0 Å². The molecule has 5 heteroatoms. The number of ether oxygens (including phenoxy) is 2. The van der Waals surface area contributed by atoms with Gasteiger partial charge in [-0.15, -0.1) is 0 Å². The van der Waals surface area contributed by atoms with Crippen LogP contribution in [0.25, 0.3) is 0 Å². The molecule has 21 heavy (non-hydrogen) atoms. The average Bonchev–Trinajstić information content (AvgIpc) is 2.88. The SMILES string of the molecule is CC(C)(C)OC(=O)N[C@@H]1CCCC[C@H]1NC[C@@H]1CCCO1. The molecule has 1 saturated carbocycles. The molecule has 2 aliphatic rings. The highest BCUT2D eigenvalue weighted by Gasteiger charge is 2.29. The van der Waals surface area contributed by atoms with Crippen molar-refractivity contribution in [3.8, 4) is 0 Å². The average molecular weight is 298 g/mol. The van der Waals surface area contributed by atoms with Gasteiger partial charge in [0, 0.05) is 25.2 Å². The highest BCUT2D eigenvalue weighted by molar-refractivity contribution is 5.68. The van der Waals surface area contributed by atoms with E-state index in [1.807, 2.05) is 20.8 Å². The van der Waals surface area contributed by atoms with E-state index in [-0.39, 0.29) is 12.1 Å². The van der Waals surface area contributed by atoms with Gasteiger partial charge in [0.25, 0.3) is 0 Å². The van der Waals surface area contributed by atoms with Gasteiger partial charge in [-0.3, -0.25) is 0 Å². The molecule has 1 heterocycles. The Kier molecular flexibility index (Phi) is 5.88. The summed E-state index contributed by atoms with van der Waals surface area (Å²) in [5.74, 6) is 0. The molecule has 0 aromatic heterocycles. The van der Waals surface area contributed by atoms with E-state index in [1.165, 1.54) is 12.8 Å². The number of carbonyl (C=O) groups is 1. The van der Waals surface area contributed by atoms with Gasteiger partial charge < -0.3 is 20.1 Å². The molecule has 0 aromatic carbocycles. The lowest BCUT2D eigenvalue weighted by Gasteiger charge is -2.34. The number of hydrogen-bond acceptors (Lipinski definition) is 4. The molecule has 2 fully saturated rings. The molecular formula is C16H30N2O3. The summed E-state index contributed by atoms with van der Waals surface area (Å²) in [5, 5.41) is 6.62. The summed E-state index contributed by atoms with van der Waals surface area (Å²) in [6.07, 6.45) is 6.84. The molecule has 122 valence electrons. The lowest BCUT2D eigenvalue weighted by Crippen LogP contribution is -2.53. The lowest BCUT2D eigenvalue weighted by atomic mass is 9.90. The van der Waals surface area contributed by atoms with Crippen molar-refractivity contribution in [2.24, 2.45) is 0 Å². The van der Waals surface area contributed by atoms with Crippen molar-refractivity contribution in [3.63, 3.8) is 0 Å². The minimum atomic E-state index is -0.445. The minimum absolute atomic E-state index is 0.162. The highest BCUT2D eigenvalue weighted by Crippen LogP contribution is 2.20. The third-order valence-corrected chi connectivity index (χ3v) is 4.10. The molecule has 1 aliphatic heterocycles. The van der Waals surface area contributed by atoms with Crippen LogP contribution in [0.5, 0.6) is 0 Å². The zero-order chi connectivity index (χ0) is 15.3. The van der Waals surface area contributed by atoms with E-state index in [2.05, 4.69) is 10.6 Å². The first-order chi connectivity index (χ1) is 9.94. The van der Waals surface area contributed by atoms with E-state index < -0.39 is 5.60 Å². The fourth-order valence-corrected chi connectivity index (χ4v) is 3.10. The van der Waals surface area contributed by atoms with Gasteiger partial charge in [-0.1, -0.05) is 12.8 Å². The van der Waals surface area contributed by atoms with Gasteiger partial charge in [-0.2, -0.15) is 0 Å². The van der Waals surface area contributed by atoms with Crippen LogP contribution in [-0.2, 0) is 9.47 Å². The monoisotopic (exact) mass is 298 g/mol. The summed E-state index contributed by atoms with van der Waals surface area (Å²) in [4.78, 5) is 11.9. The Morgan fingerprint density at radius 2 is 1.86 bits per heavy atom. The maximum atomic E-state index is 11.9. The summed E-state index contributed by atoms with van der Waals surface area (Å²) in [5.41, 5.74) is -0.445. The van der Waals surface area contributed by atoms with Crippen LogP contribution in [0.4, 0.5) is 4.79 Å². The molecule has 0 unspecified atom stereocenters. The smallest absolute Gasteiger partial charge is 0.407 e. The van der Waals surface area contributed by atoms with Crippen molar-refractivity contribution in [2.45, 2.75) is 83.1 Å². The van der Waals surface area contributed by atoms with Crippen molar-refractivity contribution in [2.75, 3.05) is 13.2 Å². The molecule has 1 saturated heterocycles. The van der Waals surface area contributed by atoms with E-state index in [4.69, 9.17) is 9.47 Å². The number of hydrogen-bond donors (Lipinski definition) is 2. The Balaban J connectivity index is 1.78. The normalized spacial score (nSPS) is 30.1. The van der Waals surface area contributed by atoms with Crippen LogP contribution < -0.4 is 10.6 Å². The van der Waals surface area contributed by atoms with Gasteiger partial charge in [0.05, 0.1) is 6.10 Å². The Labute approximate surface area is 128 Å². The molecule has 2 rings (SSSR count). The Hall–Kier alpha value is -0.810. The van der Waals surface area contributed by atoms with Gasteiger partial charge in [-0.05, 0) is 46.5 Å². The highest BCUT2D eigenvalue weighted by atomic mass is 16.6. The molecule has 2 N–H and O–H groups in total. The maximum Gasteiger partial charge on any atom is 0.407 e.